The van der Waals surface area contributed by atoms with Crippen LogP contribution in [0.2, 0.25) is 0 Å². The van der Waals surface area contributed by atoms with Gasteiger partial charge in [-0.15, -0.1) is 0 Å². The fourth-order valence-corrected chi connectivity index (χ4v) is 2.19. The van der Waals surface area contributed by atoms with Crippen molar-refractivity contribution in [2.24, 2.45) is 0 Å². The maximum atomic E-state index is 9.12. The van der Waals surface area contributed by atoms with Gasteiger partial charge < -0.3 is 19.9 Å². The lowest BCUT2D eigenvalue weighted by atomic mass is 10.1. The van der Waals surface area contributed by atoms with Gasteiger partial charge >= 0.3 is 0 Å². The van der Waals surface area contributed by atoms with Gasteiger partial charge in [-0.25, -0.2) is 0 Å². The summed E-state index contributed by atoms with van der Waals surface area (Å²) < 4.78 is 10.5. The van der Waals surface area contributed by atoms with Crippen LogP contribution in [0.25, 0.3) is 0 Å². The zero-order valence-electron chi connectivity index (χ0n) is 10.8. The van der Waals surface area contributed by atoms with Gasteiger partial charge in [-0.2, -0.15) is 0 Å². The second kappa shape index (κ2) is 6.73. The Balaban J connectivity index is 1.79. The summed E-state index contributed by atoms with van der Waals surface area (Å²) in [5.74, 6) is 1.03. The largest absolute Gasteiger partial charge is 0.493 e. The zero-order valence-corrected chi connectivity index (χ0v) is 10.8. The third-order valence-corrected chi connectivity index (χ3v) is 3.19. The van der Waals surface area contributed by atoms with Crippen LogP contribution >= 0.6 is 0 Å². The van der Waals surface area contributed by atoms with E-state index in [-0.39, 0.29) is 12.6 Å². The van der Waals surface area contributed by atoms with E-state index < -0.39 is 0 Å². The van der Waals surface area contributed by atoms with E-state index in [1.165, 1.54) is 11.1 Å². The Labute approximate surface area is 108 Å². The van der Waals surface area contributed by atoms with Gasteiger partial charge in [0, 0.05) is 13.5 Å². The van der Waals surface area contributed by atoms with E-state index in [9.17, 15) is 0 Å². The minimum absolute atomic E-state index is 0.0211. The highest BCUT2D eigenvalue weighted by atomic mass is 16.5. The highest BCUT2D eigenvalue weighted by Gasteiger charge is 2.12. The molecule has 4 heteroatoms. The first-order chi connectivity index (χ1) is 8.83. The van der Waals surface area contributed by atoms with Crippen LogP contribution < -0.4 is 10.1 Å². The van der Waals surface area contributed by atoms with Gasteiger partial charge in [-0.1, -0.05) is 12.1 Å². The number of fused-ring (bicyclic) bond motifs is 1. The van der Waals surface area contributed by atoms with Gasteiger partial charge in [-0.3, -0.25) is 0 Å². The first-order valence-corrected chi connectivity index (χ1v) is 6.41. The first-order valence-electron chi connectivity index (χ1n) is 6.41. The van der Waals surface area contributed by atoms with Crippen molar-refractivity contribution in [3.8, 4) is 5.75 Å². The summed E-state index contributed by atoms with van der Waals surface area (Å²) in [6.07, 6.45) is 1.97. The molecule has 2 N–H and O–H groups in total. The van der Waals surface area contributed by atoms with Crippen LogP contribution in [0, 0.1) is 0 Å². The second-order valence-corrected chi connectivity index (χ2v) is 4.58. The molecule has 1 atom stereocenters. The molecule has 0 spiro atoms. The van der Waals surface area contributed by atoms with E-state index in [0.29, 0.717) is 6.61 Å². The normalized spacial score (nSPS) is 15.2. The van der Waals surface area contributed by atoms with Crippen LogP contribution in [0.15, 0.2) is 18.2 Å². The number of rotatable bonds is 7. The molecule has 4 nitrogen and oxygen atoms in total. The van der Waals surface area contributed by atoms with E-state index in [2.05, 4.69) is 23.5 Å². The van der Waals surface area contributed by atoms with E-state index in [1.807, 2.05) is 0 Å². The van der Waals surface area contributed by atoms with Crippen molar-refractivity contribution in [2.75, 3.05) is 33.5 Å². The number of benzene rings is 1. The quantitative estimate of drug-likeness (QED) is 0.751. The molecular weight excluding hydrogens is 230 g/mol. The van der Waals surface area contributed by atoms with Crippen molar-refractivity contribution in [2.45, 2.75) is 18.9 Å². The number of methoxy groups -OCH3 is 1. The van der Waals surface area contributed by atoms with Gasteiger partial charge in [0.05, 0.1) is 25.9 Å². The summed E-state index contributed by atoms with van der Waals surface area (Å²) in [6.45, 7) is 2.28. The number of aliphatic hydroxyl groups excluding tert-OH is 1. The lowest BCUT2D eigenvalue weighted by Crippen LogP contribution is -2.37. The molecule has 0 saturated heterocycles. The van der Waals surface area contributed by atoms with E-state index in [4.69, 9.17) is 14.6 Å². The molecular formula is C14H21NO3. The van der Waals surface area contributed by atoms with Gasteiger partial charge in [0.15, 0.2) is 0 Å². The Kier molecular flexibility index (Phi) is 4.99. The Bertz CT molecular complexity index is 381. The average Bonchev–Trinajstić information content (AvgIpc) is 2.85. The Morgan fingerprint density at radius 2 is 2.39 bits per heavy atom. The fraction of sp³-hybridized carbons (Fsp3) is 0.571. The van der Waals surface area contributed by atoms with Gasteiger partial charge in [0.2, 0.25) is 0 Å². The van der Waals surface area contributed by atoms with Crippen molar-refractivity contribution in [3.05, 3.63) is 29.3 Å². The summed E-state index contributed by atoms with van der Waals surface area (Å²) in [4.78, 5) is 0. The van der Waals surface area contributed by atoms with Crippen molar-refractivity contribution >= 4 is 0 Å². The maximum absolute atomic E-state index is 9.12. The summed E-state index contributed by atoms with van der Waals surface area (Å²) in [7, 11) is 1.64. The zero-order chi connectivity index (χ0) is 12.8. The molecule has 100 valence electrons. The van der Waals surface area contributed by atoms with E-state index >= 15 is 0 Å². The molecule has 0 bridgehead atoms. The second-order valence-electron chi connectivity index (χ2n) is 4.58. The smallest absolute Gasteiger partial charge is 0.122 e. The van der Waals surface area contributed by atoms with Crippen LogP contribution in [0.4, 0.5) is 0 Å². The molecule has 1 heterocycles. The van der Waals surface area contributed by atoms with Crippen LogP contribution in [-0.2, 0) is 17.6 Å². The number of hydrogen-bond acceptors (Lipinski definition) is 4. The lowest BCUT2D eigenvalue weighted by molar-refractivity contribution is 0.129. The van der Waals surface area contributed by atoms with Gasteiger partial charge in [0.25, 0.3) is 0 Å². The first kappa shape index (κ1) is 13.3. The lowest BCUT2D eigenvalue weighted by Gasteiger charge is -2.15. The fourth-order valence-electron chi connectivity index (χ4n) is 2.19. The SMILES string of the molecule is COCC(CO)NCCc1ccc2c(c1)CCO2. The monoisotopic (exact) mass is 251 g/mol. The maximum Gasteiger partial charge on any atom is 0.122 e. The minimum atomic E-state index is 0.0211. The molecule has 1 aliphatic heterocycles. The van der Waals surface area contributed by atoms with Crippen LogP contribution in [0.5, 0.6) is 5.75 Å². The molecule has 0 amide bonds. The van der Waals surface area contributed by atoms with Crippen LogP contribution in [-0.4, -0.2) is 44.6 Å². The third-order valence-electron chi connectivity index (χ3n) is 3.19. The molecule has 0 radical (unpaired) electrons. The van der Waals surface area contributed by atoms with Gasteiger partial charge in [0.1, 0.15) is 5.75 Å². The number of nitrogens with one attached hydrogen (secondary N) is 1. The van der Waals surface area contributed by atoms with Crippen LogP contribution in [0.3, 0.4) is 0 Å². The summed E-state index contributed by atoms with van der Waals surface area (Å²) >= 11 is 0. The molecule has 1 aromatic carbocycles. The molecule has 0 aliphatic carbocycles. The van der Waals surface area contributed by atoms with E-state index in [1.54, 1.807) is 7.11 Å². The highest BCUT2D eigenvalue weighted by Crippen LogP contribution is 2.25. The molecule has 2 rings (SSSR count). The molecule has 0 saturated carbocycles. The van der Waals surface area contributed by atoms with Crippen LogP contribution in [0.1, 0.15) is 11.1 Å². The Morgan fingerprint density at radius 3 is 3.17 bits per heavy atom. The number of aliphatic hydroxyl groups is 1. The molecule has 0 fully saturated rings. The number of hydrogen-bond donors (Lipinski definition) is 2. The molecule has 18 heavy (non-hydrogen) atoms. The molecule has 0 aromatic heterocycles. The summed E-state index contributed by atoms with van der Waals surface area (Å²) in [5.41, 5.74) is 2.61. The Hall–Kier alpha value is -1.10. The number of ether oxygens (including phenoxy) is 2. The van der Waals surface area contributed by atoms with Crippen molar-refractivity contribution in [1.82, 2.24) is 5.32 Å². The standard InChI is InChI=1S/C14H21NO3/c1-17-10-13(9-16)15-6-4-11-2-3-14-12(8-11)5-7-18-14/h2-3,8,13,15-16H,4-7,9-10H2,1H3. The summed E-state index contributed by atoms with van der Waals surface area (Å²) in [6, 6.07) is 6.40. The molecule has 1 unspecified atom stereocenters. The molecule has 1 aromatic rings. The van der Waals surface area contributed by atoms with Crippen molar-refractivity contribution < 1.29 is 14.6 Å². The van der Waals surface area contributed by atoms with Crippen molar-refractivity contribution in [1.29, 1.82) is 0 Å². The average molecular weight is 251 g/mol. The minimum Gasteiger partial charge on any atom is -0.493 e. The predicted octanol–water partition coefficient (Wildman–Crippen LogP) is 0.761. The third kappa shape index (κ3) is 3.45. The summed E-state index contributed by atoms with van der Waals surface area (Å²) in [5, 5.41) is 12.4. The van der Waals surface area contributed by atoms with Gasteiger partial charge in [-0.05, 0) is 30.2 Å². The topological polar surface area (TPSA) is 50.7 Å². The Morgan fingerprint density at radius 1 is 1.50 bits per heavy atom. The highest BCUT2D eigenvalue weighted by molar-refractivity contribution is 5.39. The van der Waals surface area contributed by atoms with Crippen molar-refractivity contribution in [3.63, 3.8) is 0 Å². The molecule has 1 aliphatic rings. The van der Waals surface area contributed by atoms with E-state index in [0.717, 1.165) is 31.7 Å². The predicted molar refractivity (Wildman–Crippen MR) is 70.1 cm³/mol.